The van der Waals surface area contributed by atoms with Gasteiger partial charge in [-0.05, 0) is 64.0 Å². The van der Waals surface area contributed by atoms with Crippen molar-refractivity contribution >= 4 is 71.5 Å². The fraction of sp³-hybridized carbons (Fsp3) is 0.0208. The molecule has 4 heteroatoms. The molecule has 0 saturated heterocycles. The molecule has 2 aromatic heterocycles. The number of hydrogen-bond acceptors (Lipinski definition) is 1. The molecule has 2 aliphatic heterocycles. The highest BCUT2D eigenvalue weighted by atomic mass is 15.2. The molecule has 1 atom stereocenters. The van der Waals surface area contributed by atoms with Gasteiger partial charge in [-0.3, -0.25) is 9.88 Å². The molecule has 0 fully saturated rings. The average Bonchev–Trinajstić information content (AvgIpc) is 3.84. The van der Waals surface area contributed by atoms with Gasteiger partial charge >= 0.3 is 0 Å². The lowest BCUT2D eigenvalue weighted by Gasteiger charge is -2.21. The molecular weight excluding hydrogens is 633 g/mol. The van der Waals surface area contributed by atoms with Crippen LogP contribution in [0, 0.1) is 0 Å². The minimum atomic E-state index is 0.0221. The van der Waals surface area contributed by atoms with Crippen molar-refractivity contribution in [1.29, 1.82) is 0 Å². The zero-order chi connectivity index (χ0) is 33.9. The zero-order valence-electron chi connectivity index (χ0n) is 28.2. The fourth-order valence-electron chi connectivity index (χ4n) is 9.03. The number of aliphatic imine (C=N–C) groups is 1. The lowest BCUT2D eigenvalue weighted by molar-refractivity contribution is -0.614. The summed E-state index contributed by atoms with van der Waals surface area (Å²) in [5.74, 6) is 0. The van der Waals surface area contributed by atoms with Crippen molar-refractivity contribution in [2.45, 2.75) is 6.17 Å². The molecule has 12 rings (SSSR count). The number of quaternary nitrogens is 1. The average molecular weight is 664 g/mol. The van der Waals surface area contributed by atoms with E-state index < -0.39 is 0 Å². The molecule has 52 heavy (non-hydrogen) atoms. The van der Waals surface area contributed by atoms with E-state index >= 15 is 0 Å². The third-order valence-electron chi connectivity index (χ3n) is 11.4. The van der Waals surface area contributed by atoms with Crippen LogP contribution >= 0.6 is 0 Å². The van der Waals surface area contributed by atoms with Gasteiger partial charge in [-0.2, -0.15) is 0 Å². The van der Waals surface area contributed by atoms with Gasteiger partial charge in [-0.1, -0.05) is 127 Å². The minimum absolute atomic E-state index is 0.0221. The maximum absolute atomic E-state index is 5.56. The third kappa shape index (κ3) is 3.82. The lowest BCUT2D eigenvalue weighted by atomic mass is 10.0. The second-order valence-corrected chi connectivity index (χ2v) is 14.1. The largest absolute Gasteiger partial charge is 0.309 e. The van der Waals surface area contributed by atoms with Crippen molar-refractivity contribution in [3.8, 4) is 27.9 Å². The number of nitrogens with zero attached hydrogens (tertiary/aromatic N) is 3. The first-order valence-corrected chi connectivity index (χ1v) is 18.0. The quantitative estimate of drug-likeness (QED) is 0.183. The van der Waals surface area contributed by atoms with Crippen LogP contribution in [-0.4, -0.2) is 14.8 Å². The van der Waals surface area contributed by atoms with Gasteiger partial charge in [0.25, 0.3) is 0 Å². The molecule has 4 heterocycles. The first kappa shape index (κ1) is 28.0. The third-order valence-corrected chi connectivity index (χ3v) is 11.4. The van der Waals surface area contributed by atoms with Gasteiger partial charge in [-0.25, -0.2) is 4.99 Å². The van der Waals surface area contributed by atoms with Crippen LogP contribution in [0.5, 0.6) is 0 Å². The molecule has 4 nitrogen and oxygen atoms in total. The van der Waals surface area contributed by atoms with E-state index in [9.17, 15) is 0 Å². The van der Waals surface area contributed by atoms with Crippen LogP contribution < -0.4 is 5.32 Å². The Hall–Kier alpha value is -6.75. The predicted molar refractivity (Wildman–Crippen MR) is 215 cm³/mol. The summed E-state index contributed by atoms with van der Waals surface area (Å²) in [6.07, 6.45) is 0.0221. The summed E-state index contributed by atoms with van der Waals surface area (Å²) in [5.41, 5.74) is 15.5. The van der Waals surface area contributed by atoms with Crippen molar-refractivity contribution in [3.63, 3.8) is 0 Å². The van der Waals surface area contributed by atoms with Gasteiger partial charge in [0.2, 0.25) is 6.17 Å². The number of benzene rings is 8. The van der Waals surface area contributed by atoms with Gasteiger partial charge in [-0.15, -0.1) is 0 Å². The van der Waals surface area contributed by atoms with Crippen LogP contribution in [0.4, 0.5) is 11.4 Å². The first-order valence-electron chi connectivity index (χ1n) is 18.0. The van der Waals surface area contributed by atoms with E-state index in [-0.39, 0.29) is 6.17 Å². The molecule has 10 aromatic rings. The number of fused-ring (bicyclic) bond motifs is 12. The second-order valence-electron chi connectivity index (χ2n) is 14.1. The summed E-state index contributed by atoms with van der Waals surface area (Å²) >= 11 is 0. The van der Waals surface area contributed by atoms with Crippen LogP contribution in [0.15, 0.2) is 175 Å². The van der Waals surface area contributed by atoms with Crippen molar-refractivity contribution in [3.05, 3.63) is 175 Å². The Morgan fingerprint density at radius 1 is 0.462 bits per heavy atom. The van der Waals surface area contributed by atoms with Crippen LogP contribution in [0.25, 0.3) is 82.3 Å². The van der Waals surface area contributed by atoms with Crippen molar-refractivity contribution in [2.24, 2.45) is 4.99 Å². The van der Waals surface area contributed by atoms with Crippen LogP contribution in [0.1, 0.15) is 11.7 Å². The van der Waals surface area contributed by atoms with E-state index in [2.05, 4.69) is 184 Å². The van der Waals surface area contributed by atoms with E-state index in [0.717, 1.165) is 17.1 Å². The number of nitrogens with two attached hydrogens (primary N) is 1. The fourth-order valence-corrected chi connectivity index (χ4v) is 9.03. The normalized spacial score (nSPS) is 14.8. The molecule has 0 amide bonds. The molecule has 0 aliphatic carbocycles. The predicted octanol–water partition coefficient (Wildman–Crippen LogP) is 11.2. The summed E-state index contributed by atoms with van der Waals surface area (Å²) in [4.78, 5) is 5.56. The Bertz CT molecular complexity index is 3050. The zero-order valence-corrected chi connectivity index (χ0v) is 28.2. The van der Waals surface area contributed by atoms with E-state index in [0.29, 0.717) is 0 Å². The SMILES string of the molecule is c1ccc(-c2ccc3c4ccc(-c5ccccc5)cc4n(-c4cc5c6c(c4)c4ccccc4n6C4[NH2+]c6ccc7ccccc7c6N=C54)c3c2)cc1. The second kappa shape index (κ2) is 10.4. The van der Waals surface area contributed by atoms with Crippen molar-refractivity contribution < 1.29 is 5.32 Å². The van der Waals surface area contributed by atoms with E-state index in [1.165, 1.54) is 87.9 Å². The molecular formula is C48H31N4+. The van der Waals surface area contributed by atoms with Crippen LogP contribution in [0.3, 0.4) is 0 Å². The van der Waals surface area contributed by atoms with Gasteiger partial charge in [0.1, 0.15) is 11.4 Å². The number of hydrogen-bond donors (Lipinski definition) is 1. The Balaban J connectivity index is 1.19. The Kier molecular flexibility index (Phi) is 5.60. The van der Waals surface area contributed by atoms with Crippen molar-refractivity contribution in [1.82, 2.24) is 9.13 Å². The van der Waals surface area contributed by atoms with E-state index in [1.54, 1.807) is 0 Å². The highest BCUT2D eigenvalue weighted by molar-refractivity contribution is 6.24. The van der Waals surface area contributed by atoms with Gasteiger partial charge in [0.15, 0.2) is 5.69 Å². The molecule has 0 saturated carbocycles. The summed E-state index contributed by atoms with van der Waals surface area (Å²) < 4.78 is 5.02. The van der Waals surface area contributed by atoms with Crippen LogP contribution in [0.2, 0.25) is 0 Å². The monoisotopic (exact) mass is 663 g/mol. The van der Waals surface area contributed by atoms with Gasteiger partial charge in [0.05, 0.1) is 22.1 Å². The number of para-hydroxylation sites is 1. The molecule has 8 aromatic carbocycles. The lowest BCUT2D eigenvalue weighted by Crippen LogP contribution is -2.83. The van der Waals surface area contributed by atoms with Crippen LogP contribution in [-0.2, 0) is 0 Å². The maximum Gasteiger partial charge on any atom is 0.215 e. The summed E-state index contributed by atoms with van der Waals surface area (Å²) in [6.45, 7) is 0. The summed E-state index contributed by atoms with van der Waals surface area (Å²) in [5, 5.41) is 9.86. The molecule has 0 radical (unpaired) electrons. The van der Waals surface area contributed by atoms with E-state index in [4.69, 9.17) is 4.99 Å². The molecule has 0 bridgehead atoms. The topological polar surface area (TPSA) is 38.8 Å². The van der Waals surface area contributed by atoms with E-state index in [1.807, 2.05) is 0 Å². The highest BCUT2D eigenvalue weighted by Crippen LogP contribution is 2.46. The first-order chi connectivity index (χ1) is 25.8. The Labute approximate surface area is 299 Å². The Morgan fingerprint density at radius 2 is 1.08 bits per heavy atom. The number of aromatic nitrogens is 2. The minimum Gasteiger partial charge on any atom is -0.309 e. The highest BCUT2D eigenvalue weighted by Gasteiger charge is 2.40. The smallest absolute Gasteiger partial charge is 0.215 e. The molecule has 1 unspecified atom stereocenters. The summed E-state index contributed by atoms with van der Waals surface area (Å²) in [6, 6.07) is 62.1. The van der Waals surface area contributed by atoms with Crippen molar-refractivity contribution in [2.75, 3.05) is 0 Å². The maximum atomic E-state index is 5.56. The van der Waals surface area contributed by atoms with Gasteiger partial charge in [0, 0.05) is 44.2 Å². The summed E-state index contributed by atoms with van der Waals surface area (Å²) in [7, 11) is 0. The molecule has 2 N–H and O–H groups in total. The molecule has 2 aliphatic rings. The molecule has 0 spiro atoms. The van der Waals surface area contributed by atoms with Gasteiger partial charge < -0.3 is 4.57 Å². The standard InChI is InChI=1S/C48H30N4/c1-3-11-29(12-4-1)32-19-22-37-38-23-20-33(30-13-5-2-6-14-30)26-44(38)51(43(37)25-32)34-27-39-36-17-9-10-18-42(36)52-47(39)40(28-34)46-48(52)49-41-24-21-31-15-7-8-16-35(31)45(41)50-46/h1-28,48-49H/p+1. The number of rotatable bonds is 3. The Morgan fingerprint density at radius 3 is 1.79 bits per heavy atom. The molecule has 242 valence electrons.